The van der Waals surface area contributed by atoms with Gasteiger partial charge in [-0.15, -0.1) is 0 Å². The Hall–Kier alpha value is -1.87. The van der Waals surface area contributed by atoms with Gasteiger partial charge in [0.2, 0.25) is 10.0 Å². The minimum atomic E-state index is -3.51. The molecule has 0 bridgehead atoms. The molecule has 0 fully saturated rings. The lowest BCUT2D eigenvalue weighted by Crippen LogP contribution is -2.23. The summed E-state index contributed by atoms with van der Waals surface area (Å²) in [5.74, 6) is 0.563. The fraction of sp³-hybridized carbons (Fsp3) is 0.188. The zero-order valence-corrected chi connectivity index (χ0v) is 16.3. The van der Waals surface area contributed by atoms with Crippen LogP contribution in [0.5, 0.6) is 5.75 Å². The van der Waals surface area contributed by atoms with Crippen molar-refractivity contribution in [3.63, 3.8) is 0 Å². The second kappa shape index (κ2) is 8.01. The van der Waals surface area contributed by atoms with Crippen LogP contribution in [-0.2, 0) is 10.0 Å². The van der Waals surface area contributed by atoms with Crippen molar-refractivity contribution in [3.05, 3.63) is 47.5 Å². The molecule has 0 aliphatic heterocycles. The fourth-order valence-corrected chi connectivity index (χ4v) is 3.42. The highest BCUT2D eigenvalue weighted by atomic mass is 35.5. The van der Waals surface area contributed by atoms with Crippen LogP contribution in [0.15, 0.2) is 47.4 Å². The molecule has 0 amide bonds. The lowest BCUT2D eigenvalue weighted by molar-refractivity contribution is 0.415. The van der Waals surface area contributed by atoms with E-state index in [0.717, 1.165) is 4.31 Å². The van der Waals surface area contributed by atoms with Crippen molar-refractivity contribution in [1.29, 1.82) is 0 Å². The first kappa shape index (κ1) is 19.5. The number of hydrogen-bond donors (Lipinski definition) is 2. The fourth-order valence-electron chi connectivity index (χ4n) is 1.98. The van der Waals surface area contributed by atoms with Gasteiger partial charge in [0.15, 0.2) is 5.11 Å². The van der Waals surface area contributed by atoms with E-state index in [1.54, 1.807) is 30.3 Å². The highest BCUT2D eigenvalue weighted by Crippen LogP contribution is 2.27. The third-order valence-corrected chi connectivity index (χ3v) is 5.59. The molecule has 2 aromatic rings. The van der Waals surface area contributed by atoms with Crippen LogP contribution in [0.1, 0.15) is 0 Å². The SMILES string of the molecule is COc1ccc(NC(=S)Nc2cccc(S(=O)(=O)N(C)C)c2)cc1Cl. The monoisotopic (exact) mass is 399 g/mol. The van der Waals surface area contributed by atoms with Crippen molar-refractivity contribution in [2.24, 2.45) is 0 Å². The average Bonchev–Trinajstić information content (AvgIpc) is 2.55. The Kier molecular flexibility index (Phi) is 6.23. The molecule has 9 heteroatoms. The van der Waals surface area contributed by atoms with Crippen molar-refractivity contribution in [2.75, 3.05) is 31.8 Å². The van der Waals surface area contributed by atoms with Crippen LogP contribution >= 0.6 is 23.8 Å². The first-order chi connectivity index (χ1) is 11.7. The topological polar surface area (TPSA) is 70.7 Å². The molecule has 0 heterocycles. The second-order valence-electron chi connectivity index (χ2n) is 5.24. The van der Waals surface area contributed by atoms with E-state index < -0.39 is 10.0 Å². The van der Waals surface area contributed by atoms with E-state index in [-0.39, 0.29) is 4.90 Å². The van der Waals surface area contributed by atoms with Gasteiger partial charge >= 0.3 is 0 Å². The molecule has 25 heavy (non-hydrogen) atoms. The maximum atomic E-state index is 12.2. The lowest BCUT2D eigenvalue weighted by atomic mass is 10.3. The van der Waals surface area contributed by atoms with E-state index in [2.05, 4.69) is 10.6 Å². The number of ether oxygens (including phenoxy) is 1. The number of nitrogens with one attached hydrogen (secondary N) is 2. The average molecular weight is 400 g/mol. The molecule has 134 valence electrons. The Morgan fingerprint density at radius 3 is 2.32 bits per heavy atom. The molecule has 0 aliphatic carbocycles. The lowest BCUT2D eigenvalue weighted by Gasteiger charge is -2.14. The van der Waals surface area contributed by atoms with Crippen LogP contribution in [0, 0.1) is 0 Å². The van der Waals surface area contributed by atoms with Crippen LogP contribution < -0.4 is 15.4 Å². The molecule has 2 aromatic carbocycles. The summed E-state index contributed by atoms with van der Waals surface area (Å²) in [6.45, 7) is 0. The van der Waals surface area contributed by atoms with Crippen LogP contribution in [0.25, 0.3) is 0 Å². The van der Waals surface area contributed by atoms with Crippen molar-refractivity contribution in [1.82, 2.24) is 4.31 Å². The number of rotatable bonds is 5. The molecule has 0 saturated heterocycles. The molecule has 0 aromatic heterocycles. The van der Waals surface area contributed by atoms with Gasteiger partial charge in [0.1, 0.15) is 5.75 Å². The minimum absolute atomic E-state index is 0.179. The van der Waals surface area contributed by atoms with Crippen molar-refractivity contribution >= 4 is 50.3 Å². The maximum absolute atomic E-state index is 12.2. The Morgan fingerprint density at radius 2 is 1.76 bits per heavy atom. The van der Waals surface area contributed by atoms with E-state index in [9.17, 15) is 8.42 Å². The molecule has 0 atom stereocenters. The summed E-state index contributed by atoms with van der Waals surface area (Å²) >= 11 is 11.3. The Balaban J connectivity index is 2.12. The first-order valence-electron chi connectivity index (χ1n) is 7.18. The summed E-state index contributed by atoms with van der Waals surface area (Å²) in [5.41, 5.74) is 1.24. The summed E-state index contributed by atoms with van der Waals surface area (Å²) in [7, 11) is 0.990. The number of nitrogens with zero attached hydrogens (tertiary/aromatic N) is 1. The largest absolute Gasteiger partial charge is 0.495 e. The molecule has 0 spiro atoms. The number of methoxy groups -OCH3 is 1. The number of benzene rings is 2. The quantitative estimate of drug-likeness (QED) is 0.751. The molecule has 0 saturated carbocycles. The van der Waals surface area contributed by atoms with Gasteiger partial charge in [0, 0.05) is 25.5 Å². The van der Waals surface area contributed by atoms with Gasteiger partial charge in [0.05, 0.1) is 17.0 Å². The molecule has 0 radical (unpaired) electrons. The number of halogens is 1. The van der Waals surface area contributed by atoms with Crippen LogP contribution in [0.2, 0.25) is 5.02 Å². The van der Waals surface area contributed by atoms with Crippen LogP contribution in [-0.4, -0.2) is 39.0 Å². The molecular formula is C16H18ClN3O3S2. The van der Waals surface area contributed by atoms with Crippen molar-refractivity contribution in [2.45, 2.75) is 4.90 Å². The highest BCUT2D eigenvalue weighted by molar-refractivity contribution is 7.89. The molecule has 0 unspecified atom stereocenters. The summed E-state index contributed by atoms with van der Waals surface area (Å²) in [6, 6.07) is 11.6. The molecule has 2 N–H and O–H groups in total. The zero-order chi connectivity index (χ0) is 18.6. The van der Waals surface area contributed by atoms with Gasteiger partial charge in [-0.3, -0.25) is 0 Å². The number of thiocarbonyl (C=S) groups is 1. The summed E-state index contributed by atoms with van der Waals surface area (Å²) < 4.78 is 30.6. The smallest absolute Gasteiger partial charge is 0.242 e. The Labute approximate surface area is 157 Å². The van der Waals surface area contributed by atoms with Gasteiger partial charge in [-0.25, -0.2) is 12.7 Å². The van der Waals surface area contributed by atoms with Crippen molar-refractivity contribution in [3.8, 4) is 5.75 Å². The van der Waals surface area contributed by atoms with E-state index in [1.165, 1.54) is 33.3 Å². The van der Waals surface area contributed by atoms with Crippen LogP contribution in [0.4, 0.5) is 11.4 Å². The first-order valence-corrected chi connectivity index (χ1v) is 9.41. The highest BCUT2D eigenvalue weighted by Gasteiger charge is 2.17. The van der Waals surface area contributed by atoms with Gasteiger partial charge in [-0.2, -0.15) is 0 Å². The van der Waals surface area contributed by atoms with Gasteiger partial charge < -0.3 is 15.4 Å². The zero-order valence-electron chi connectivity index (χ0n) is 13.9. The Bertz CT molecular complexity index is 886. The van der Waals surface area contributed by atoms with Gasteiger partial charge in [0.25, 0.3) is 0 Å². The predicted molar refractivity (Wildman–Crippen MR) is 105 cm³/mol. The second-order valence-corrected chi connectivity index (χ2v) is 8.21. The van der Waals surface area contributed by atoms with Gasteiger partial charge in [-0.1, -0.05) is 17.7 Å². The summed E-state index contributed by atoms with van der Waals surface area (Å²) in [5, 5.41) is 6.70. The van der Waals surface area contributed by atoms with E-state index in [4.69, 9.17) is 28.6 Å². The number of hydrogen-bond acceptors (Lipinski definition) is 4. The third kappa shape index (κ3) is 4.82. The van der Waals surface area contributed by atoms with Gasteiger partial charge in [-0.05, 0) is 48.6 Å². The summed E-state index contributed by atoms with van der Waals surface area (Å²) in [4.78, 5) is 0.179. The predicted octanol–water partition coefficient (Wildman–Crippen LogP) is 3.41. The molecular weight excluding hydrogens is 382 g/mol. The minimum Gasteiger partial charge on any atom is -0.495 e. The van der Waals surface area contributed by atoms with E-state index in [0.29, 0.717) is 27.3 Å². The Morgan fingerprint density at radius 1 is 1.12 bits per heavy atom. The van der Waals surface area contributed by atoms with E-state index >= 15 is 0 Å². The standard InChI is InChI=1S/C16H18ClN3O3S2/c1-20(2)25(21,22)13-6-4-5-11(9-13)18-16(24)19-12-7-8-15(23-3)14(17)10-12/h4-10H,1-3H3,(H2,18,19,24). The number of anilines is 2. The van der Waals surface area contributed by atoms with E-state index in [1.807, 2.05) is 0 Å². The molecule has 2 rings (SSSR count). The normalized spacial score (nSPS) is 11.2. The molecule has 6 nitrogen and oxygen atoms in total. The molecule has 0 aliphatic rings. The third-order valence-electron chi connectivity index (χ3n) is 3.28. The van der Waals surface area contributed by atoms with Crippen molar-refractivity contribution < 1.29 is 13.2 Å². The summed E-state index contributed by atoms with van der Waals surface area (Å²) in [6.07, 6.45) is 0. The van der Waals surface area contributed by atoms with Crippen LogP contribution in [0.3, 0.4) is 0 Å². The number of sulfonamides is 1. The maximum Gasteiger partial charge on any atom is 0.242 e.